The maximum absolute atomic E-state index is 9.78. The number of aromatic nitrogens is 4. The Balaban J connectivity index is 1.31. The lowest BCUT2D eigenvalue weighted by Gasteiger charge is -2.16. The van der Waals surface area contributed by atoms with Gasteiger partial charge < -0.3 is 8.98 Å². The summed E-state index contributed by atoms with van der Waals surface area (Å²) in [5, 5.41) is 1.12. The molecule has 11 aromatic rings. The SMILES string of the molecule is [2H]c1c([2H])c([2H])c(-c2nc(-c3ccccc3)nc(-c3ccc(-c4ccc5c(c4)oc4ccccc45)cc3-n3c4c([2H])c([2H])c([2H])c([2H])c4c4c([2H])c(-c5c([2H])c([2H])c([2H])c([2H])c5[2H])c([2H])c([2H])c43)n2)c([2H])c1[2H]. The number of hydrogen-bond acceptors (Lipinski definition) is 4. The van der Waals surface area contributed by atoms with Crippen molar-refractivity contribution in [2.45, 2.75) is 0 Å². The Hall–Kier alpha value is -7.63. The Bertz CT molecular complexity index is 4190. The van der Waals surface area contributed by atoms with Crippen molar-refractivity contribution in [1.29, 1.82) is 0 Å². The Kier molecular flexibility index (Phi) is 4.45. The van der Waals surface area contributed by atoms with Gasteiger partial charge in [0.2, 0.25) is 0 Å². The van der Waals surface area contributed by atoms with E-state index in [2.05, 4.69) is 4.98 Å². The zero-order chi connectivity index (χ0) is 51.8. The minimum absolute atomic E-state index is 0.00763. The normalized spacial score (nSPS) is 15.8. The van der Waals surface area contributed by atoms with Crippen LogP contribution in [0.5, 0.6) is 0 Å². The molecule has 56 heavy (non-hydrogen) atoms. The molecule has 0 aliphatic heterocycles. The first-order valence-corrected chi connectivity index (χ1v) is 17.4. The maximum atomic E-state index is 9.78. The van der Waals surface area contributed by atoms with Crippen molar-refractivity contribution in [2.24, 2.45) is 0 Å². The van der Waals surface area contributed by atoms with Crippen LogP contribution in [0.1, 0.15) is 23.3 Å². The van der Waals surface area contributed by atoms with Crippen molar-refractivity contribution in [3.8, 4) is 62.1 Å². The quantitative estimate of drug-likeness (QED) is 0.171. The van der Waals surface area contributed by atoms with Crippen molar-refractivity contribution in [3.05, 3.63) is 194 Å². The lowest BCUT2D eigenvalue weighted by molar-refractivity contribution is 0.669. The van der Waals surface area contributed by atoms with E-state index in [0.29, 0.717) is 27.9 Å². The fraction of sp³-hybridized carbons (Fsp3) is 0. The molecule has 0 bridgehead atoms. The molecule has 11 rings (SSSR count). The maximum Gasteiger partial charge on any atom is 0.166 e. The molecule has 0 aliphatic rings. The molecule has 0 spiro atoms. The highest BCUT2D eigenvalue weighted by Crippen LogP contribution is 2.40. The van der Waals surface area contributed by atoms with E-state index in [0.717, 1.165) is 10.8 Å². The summed E-state index contributed by atoms with van der Waals surface area (Å²) in [6, 6.07) is 14.9. The highest BCUT2D eigenvalue weighted by Gasteiger charge is 2.21. The van der Waals surface area contributed by atoms with Crippen molar-refractivity contribution >= 4 is 43.7 Å². The largest absolute Gasteiger partial charge is 0.456 e. The zero-order valence-corrected chi connectivity index (χ0v) is 28.9. The Morgan fingerprint density at radius 3 is 1.89 bits per heavy atom. The van der Waals surface area contributed by atoms with Crippen LogP contribution in [-0.2, 0) is 0 Å². The van der Waals surface area contributed by atoms with Crippen LogP contribution in [0, 0.1) is 0 Å². The number of furan rings is 1. The molecule has 3 aromatic heterocycles. The molecular formula is C51H32N4O. The monoisotopic (exact) mass is 733 g/mol. The van der Waals surface area contributed by atoms with E-state index in [1.165, 1.54) is 4.57 Å². The second-order valence-corrected chi connectivity index (χ2v) is 12.7. The van der Waals surface area contributed by atoms with Crippen LogP contribution in [0.4, 0.5) is 0 Å². The summed E-state index contributed by atoms with van der Waals surface area (Å²) in [6.07, 6.45) is 0. The summed E-state index contributed by atoms with van der Waals surface area (Å²) in [5.74, 6) is -0.477. The highest BCUT2D eigenvalue weighted by molar-refractivity contribution is 6.11. The number of para-hydroxylation sites is 2. The summed E-state index contributed by atoms with van der Waals surface area (Å²) in [6.45, 7) is 0. The summed E-state index contributed by atoms with van der Waals surface area (Å²) in [5.41, 5.74) is 0.810. The fourth-order valence-electron chi connectivity index (χ4n) is 6.93. The van der Waals surface area contributed by atoms with Gasteiger partial charge in [-0.1, -0.05) is 145 Å². The Morgan fingerprint density at radius 2 is 1.05 bits per heavy atom. The van der Waals surface area contributed by atoms with E-state index < -0.39 is 114 Å². The molecule has 262 valence electrons. The predicted molar refractivity (Wildman–Crippen MR) is 229 cm³/mol. The van der Waals surface area contributed by atoms with Crippen LogP contribution in [0.25, 0.3) is 106 Å². The Labute approximate surface area is 346 Å². The number of hydrogen-bond donors (Lipinski definition) is 0. The first-order valence-electron chi connectivity index (χ1n) is 25.9. The molecule has 0 saturated carbocycles. The lowest BCUT2D eigenvalue weighted by atomic mass is 10.00. The van der Waals surface area contributed by atoms with Gasteiger partial charge in [0.05, 0.1) is 40.0 Å². The molecule has 0 N–H and O–H groups in total. The van der Waals surface area contributed by atoms with Crippen LogP contribution in [0.2, 0.25) is 0 Å². The molecule has 5 heteroatoms. The van der Waals surface area contributed by atoms with E-state index in [4.69, 9.17) is 30.8 Å². The first kappa shape index (κ1) is 19.1. The standard InChI is InChI=1S/C51H32N4O/c1-4-14-33(15-5-1)36-26-29-45-43(30-36)39-20-10-12-22-44(39)55(45)46-31-37(38-24-27-41-40-21-11-13-23-47(40)56-48(41)32-38)25-28-42(46)51-53-49(34-16-6-2-7-17-34)52-50(54-51)35-18-8-3-9-19-35/h1-32H/i1D,2D,4D,5D,6D,7D,10D,12D,14D,15D,16D,17D,20D,22D,26D,29D,30D. The molecule has 5 nitrogen and oxygen atoms in total. The van der Waals surface area contributed by atoms with Crippen molar-refractivity contribution in [1.82, 2.24) is 19.5 Å². The van der Waals surface area contributed by atoms with E-state index >= 15 is 0 Å². The third-order valence-corrected chi connectivity index (χ3v) is 9.49. The van der Waals surface area contributed by atoms with E-state index in [1.807, 2.05) is 42.5 Å². The van der Waals surface area contributed by atoms with Gasteiger partial charge in [0, 0.05) is 38.2 Å². The second-order valence-electron chi connectivity index (χ2n) is 12.7. The van der Waals surface area contributed by atoms with Gasteiger partial charge in [0.1, 0.15) is 11.2 Å². The topological polar surface area (TPSA) is 56.7 Å². The third-order valence-electron chi connectivity index (χ3n) is 9.49. The van der Waals surface area contributed by atoms with Crippen molar-refractivity contribution in [2.75, 3.05) is 0 Å². The van der Waals surface area contributed by atoms with Crippen LogP contribution < -0.4 is 0 Å². The van der Waals surface area contributed by atoms with E-state index in [9.17, 15) is 6.85 Å². The molecule has 8 aromatic carbocycles. The first-order chi connectivity index (χ1) is 34.8. The number of nitrogens with zero attached hydrogens (tertiary/aromatic N) is 4. The summed E-state index contributed by atoms with van der Waals surface area (Å²) < 4.78 is 159. The zero-order valence-electron chi connectivity index (χ0n) is 45.9. The van der Waals surface area contributed by atoms with Crippen LogP contribution >= 0.6 is 0 Å². The Morgan fingerprint density at radius 1 is 0.411 bits per heavy atom. The summed E-state index contributed by atoms with van der Waals surface area (Å²) in [7, 11) is 0. The van der Waals surface area contributed by atoms with Gasteiger partial charge in [-0.05, 0) is 70.7 Å². The predicted octanol–water partition coefficient (Wildman–Crippen LogP) is 13.2. The van der Waals surface area contributed by atoms with Crippen molar-refractivity contribution in [3.63, 3.8) is 0 Å². The molecule has 0 aliphatic carbocycles. The molecule has 0 fully saturated rings. The second kappa shape index (κ2) is 13.0. The van der Waals surface area contributed by atoms with Crippen LogP contribution in [0.15, 0.2) is 198 Å². The van der Waals surface area contributed by atoms with Gasteiger partial charge in [-0.2, -0.15) is 0 Å². The average Bonchev–Trinajstić information content (AvgIpc) is 3.98. The minimum Gasteiger partial charge on any atom is -0.456 e. The van der Waals surface area contributed by atoms with Gasteiger partial charge in [0.15, 0.2) is 17.5 Å². The minimum atomic E-state index is -0.761. The smallest absolute Gasteiger partial charge is 0.166 e. The molecule has 3 heterocycles. The van der Waals surface area contributed by atoms with E-state index in [-0.39, 0.29) is 56.1 Å². The highest BCUT2D eigenvalue weighted by atomic mass is 16.3. The summed E-state index contributed by atoms with van der Waals surface area (Å²) in [4.78, 5) is 14.3. The third kappa shape index (κ3) is 5.37. The molecule has 0 unspecified atom stereocenters. The number of fused-ring (bicyclic) bond motifs is 6. The van der Waals surface area contributed by atoms with Gasteiger partial charge in [-0.3, -0.25) is 0 Å². The summed E-state index contributed by atoms with van der Waals surface area (Å²) >= 11 is 0. The van der Waals surface area contributed by atoms with Gasteiger partial charge in [0.25, 0.3) is 0 Å². The molecular weight excluding hydrogens is 685 g/mol. The van der Waals surface area contributed by atoms with Gasteiger partial charge in [-0.15, -0.1) is 0 Å². The van der Waals surface area contributed by atoms with Crippen LogP contribution in [-0.4, -0.2) is 19.5 Å². The van der Waals surface area contributed by atoms with Gasteiger partial charge >= 0.3 is 0 Å². The van der Waals surface area contributed by atoms with E-state index in [1.54, 1.807) is 48.5 Å². The average molecular weight is 734 g/mol. The fourth-order valence-corrected chi connectivity index (χ4v) is 6.93. The molecule has 0 radical (unpaired) electrons. The lowest BCUT2D eigenvalue weighted by Crippen LogP contribution is -2.04. The van der Waals surface area contributed by atoms with Crippen LogP contribution in [0.3, 0.4) is 0 Å². The van der Waals surface area contributed by atoms with Crippen molar-refractivity contribution < 1.29 is 27.7 Å². The molecule has 0 amide bonds. The molecule has 0 atom stereocenters. The number of benzene rings is 8. The number of rotatable bonds is 6. The van der Waals surface area contributed by atoms with Gasteiger partial charge in [-0.25, -0.2) is 15.0 Å². The molecule has 0 saturated heterocycles.